The van der Waals surface area contributed by atoms with E-state index in [9.17, 15) is 0 Å². The summed E-state index contributed by atoms with van der Waals surface area (Å²) in [5.41, 5.74) is 0.00551. The van der Waals surface area contributed by atoms with Gasteiger partial charge in [-0.15, -0.1) is 11.8 Å². The lowest BCUT2D eigenvalue weighted by atomic mass is 9.81. The second-order valence-electron chi connectivity index (χ2n) is 5.55. The molecule has 0 atom stereocenters. The fourth-order valence-corrected chi connectivity index (χ4v) is 3.54. The Bertz CT molecular complexity index is 610. The summed E-state index contributed by atoms with van der Waals surface area (Å²) in [6.07, 6.45) is 2.07. The third-order valence-electron chi connectivity index (χ3n) is 3.88. The van der Waals surface area contributed by atoms with Gasteiger partial charge in [0.2, 0.25) is 5.89 Å². The van der Waals surface area contributed by atoms with Crippen molar-refractivity contribution in [2.75, 3.05) is 13.1 Å². The van der Waals surface area contributed by atoms with Gasteiger partial charge in [-0.05, 0) is 38.1 Å². The number of nitrogens with one attached hydrogen (secondary N) is 1. The highest BCUT2D eigenvalue weighted by molar-refractivity contribution is 7.98. The minimum atomic E-state index is 0.00551. The van der Waals surface area contributed by atoms with Gasteiger partial charge in [-0.25, -0.2) is 0 Å². The van der Waals surface area contributed by atoms with Crippen LogP contribution in [-0.4, -0.2) is 23.2 Å². The van der Waals surface area contributed by atoms with Crippen LogP contribution in [0.5, 0.6) is 0 Å². The van der Waals surface area contributed by atoms with E-state index < -0.39 is 0 Å². The molecule has 0 amide bonds. The number of rotatable bonds is 4. The third kappa shape index (κ3) is 3.42. The summed E-state index contributed by atoms with van der Waals surface area (Å²) < 4.78 is 5.49. The lowest BCUT2D eigenvalue weighted by molar-refractivity contribution is 0.240. The zero-order valence-corrected chi connectivity index (χ0v) is 13.5. The van der Waals surface area contributed by atoms with Crippen molar-refractivity contribution in [1.82, 2.24) is 15.5 Å². The zero-order valence-electron chi connectivity index (χ0n) is 11.9. The van der Waals surface area contributed by atoms with Crippen LogP contribution < -0.4 is 5.32 Å². The monoisotopic (exact) mass is 323 g/mol. The van der Waals surface area contributed by atoms with Gasteiger partial charge in [0.15, 0.2) is 5.82 Å². The van der Waals surface area contributed by atoms with E-state index in [1.54, 1.807) is 11.8 Å². The molecule has 1 aliphatic rings. The second kappa shape index (κ2) is 6.38. The molecule has 3 rings (SSSR count). The summed E-state index contributed by atoms with van der Waals surface area (Å²) in [7, 11) is 0. The standard InChI is InChI=1S/C15H18ClN3OS/c1-15(6-8-17-9-7-15)14-18-13(19-20-14)10-21-12-5-3-2-4-11(12)16/h2-5,17H,6-10H2,1H3. The van der Waals surface area contributed by atoms with Gasteiger partial charge in [-0.3, -0.25) is 0 Å². The minimum Gasteiger partial charge on any atom is -0.339 e. The number of hydrogen-bond acceptors (Lipinski definition) is 5. The van der Waals surface area contributed by atoms with Gasteiger partial charge in [-0.2, -0.15) is 4.98 Å². The molecule has 0 aliphatic carbocycles. The van der Waals surface area contributed by atoms with E-state index in [1.165, 1.54) is 0 Å². The van der Waals surface area contributed by atoms with Gasteiger partial charge < -0.3 is 9.84 Å². The van der Waals surface area contributed by atoms with Crippen LogP contribution in [0.4, 0.5) is 0 Å². The maximum absolute atomic E-state index is 6.15. The Morgan fingerprint density at radius 2 is 2.10 bits per heavy atom. The molecule has 0 radical (unpaired) electrons. The maximum Gasteiger partial charge on any atom is 0.232 e. The lowest BCUT2D eigenvalue weighted by Crippen LogP contribution is -2.37. The van der Waals surface area contributed by atoms with E-state index in [4.69, 9.17) is 16.1 Å². The predicted octanol–water partition coefficient (Wildman–Crippen LogP) is 3.66. The highest BCUT2D eigenvalue weighted by Gasteiger charge is 2.34. The van der Waals surface area contributed by atoms with Crippen LogP contribution in [0.1, 0.15) is 31.5 Å². The van der Waals surface area contributed by atoms with Gasteiger partial charge in [0.05, 0.1) is 10.8 Å². The van der Waals surface area contributed by atoms with E-state index >= 15 is 0 Å². The molecule has 2 heterocycles. The van der Waals surface area contributed by atoms with Crippen LogP contribution in [0.15, 0.2) is 33.7 Å². The van der Waals surface area contributed by atoms with Crippen molar-refractivity contribution in [3.8, 4) is 0 Å². The van der Waals surface area contributed by atoms with Crippen LogP contribution in [0, 0.1) is 0 Å². The molecule has 21 heavy (non-hydrogen) atoms. The summed E-state index contributed by atoms with van der Waals surface area (Å²) in [5, 5.41) is 8.23. The Balaban J connectivity index is 1.67. The highest BCUT2D eigenvalue weighted by atomic mass is 35.5. The van der Waals surface area contributed by atoms with Crippen LogP contribution in [0.25, 0.3) is 0 Å². The quantitative estimate of drug-likeness (QED) is 0.870. The Hall–Kier alpha value is -1.04. The molecule has 0 spiro atoms. The van der Waals surface area contributed by atoms with Gasteiger partial charge in [0.1, 0.15) is 0 Å². The molecule has 2 aromatic rings. The number of hydrogen-bond donors (Lipinski definition) is 1. The molecule has 1 N–H and O–H groups in total. The Morgan fingerprint density at radius 3 is 2.86 bits per heavy atom. The number of halogens is 1. The molecule has 0 saturated carbocycles. The first-order valence-corrected chi connectivity index (χ1v) is 8.45. The molecule has 112 valence electrons. The van der Waals surface area contributed by atoms with Crippen molar-refractivity contribution in [2.45, 2.75) is 35.8 Å². The van der Waals surface area contributed by atoms with E-state index in [1.807, 2.05) is 24.3 Å². The molecule has 0 bridgehead atoms. The SMILES string of the molecule is CC1(c2nc(CSc3ccccc3Cl)no2)CCNCC1. The summed E-state index contributed by atoms with van der Waals surface area (Å²) in [4.78, 5) is 5.62. The average molecular weight is 324 g/mol. The molecule has 1 fully saturated rings. The van der Waals surface area contributed by atoms with Gasteiger partial charge >= 0.3 is 0 Å². The van der Waals surface area contributed by atoms with Crippen LogP contribution >= 0.6 is 23.4 Å². The Labute approximate surface area is 133 Å². The van der Waals surface area contributed by atoms with E-state index in [0.717, 1.165) is 47.6 Å². The molecule has 1 aromatic carbocycles. The molecule has 6 heteroatoms. The summed E-state index contributed by atoms with van der Waals surface area (Å²) >= 11 is 7.78. The summed E-state index contributed by atoms with van der Waals surface area (Å²) in [5.74, 6) is 2.16. The molecule has 4 nitrogen and oxygen atoms in total. The zero-order chi connectivity index (χ0) is 14.7. The largest absolute Gasteiger partial charge is 0.339 e. The van der Waals surface area contributed by atoms with E-state index in [2.05, 4.69) is 22.4 Å². The number of thioether (sulfide) groups is 1. The smallest absolute Gasteiger partial charge is 0.232 e. The van der Waals surface area contributed by atoms with Crippen LogP contribution in [0.3, 0.4) is 0 Å². The fraction of sp³-hybridized carbons (Fsp3) is 0.467. The Kier molecular flexibility index (Phi) is 4.52. The van der Waals surface area contributed by atoms with Crippen molar-refractivity contribution >= 4 is 23.4 Å². The lowest BCUT2D eigenvalue weighted by Gasteiger charge is -2.30. The van der Waals surface area contributed by atoms with Gasteiger partial charge in [0, 0.05) is 10.3 Å². The van der Waals surface area contributed by atoms with E-state index in [-0.39, 0.29) is 5.41 Å². The first kappa shape index (κ1) is 14.9. The number of benzene rings is 1. The molecule has 1 aromatic heterocycles. The number of piperidine rings is 1. The topological polar surface area (TPSA) is 51.0 Å². The van der Waals surface area contributed by atoms with Crippen molar-refractivity contribution in [3.63, 3.8) is 0 Å². The first-order valence-electron chi connectivity index (χ1n) is 7.08. The minimum absolute atomic E-state index is 0.00551. The summed E-state index contributed by atoms with van der Waals surface area (Å²) in [6.45, 7) is 4.21. The van der Waals surface area contributed by atoms with Crippen molar-refractivity contribution in [2.24, 2.45) is 0 Å². The van der Waals surface area contributed by atoms with Gasteiger partial charge in [0.25, 0.3) is 0 Å². The first-order chi connectivity index (χ1) is 10.2. The van der Waals surface area contributed by atoms with Crippen LogP contribution in [-0.2, 0) is 11.2 Å². The second-order valence-corrected chi connectivity index (χ2v) is 6.97. The molecular weight excluding hydrogens is 306 g/mol. The van der Waals surface area contributed by atoms with Crippen molar-refractivity contribution in [3.05, 3.63) is 41.0 Å². The van der Waals surface area contributed by atoms with Crippen molar-refractivity contribution < 1.29 is 4.52 Å². The third-order valence-corrected chi connectivity index (χ3v) is 5.40. The maximum atomic E-state index is 6.15. The number of nitrogens with zero attached hydrogens (tertiary/aromatic N) is 2. The van der Waals surface area contributed by atoms with Gasteiger partial charge in [-0.1, -0.05) is 35.8 Å². The molecular formula is C15H18ClN3OS. The molecule has 1 aliphatic heterocycles. The molecule has 1 saturated heterocycles. The number of aromatic nitrogens is 2. The average Bonchev–Trinajstić information content (AvgIpc) is 2.97. The highest BCUT2D eigenvalue weighted by Crippen LogP contribution is 2.33. The van der Waals surface area contributed by atoms with E-state index in [0.29, 0.717) is 5.75 Å². The molecule has 0 unspecified atom stereocenters. The predicted molar refractivity (Wildman–Crippen MR) is 84.8 cm³/mol. The van der Waals surface area contributed by atoms with Crippen molar-refractivity contribution in [1.29, 1.82) is 0 Å². The fourth-order valence-electron chi connectivity index (χ4n) is 2.45. The van der Waals surface area contributed by atoms with Crippen LogP contribution in [0.2, 0.25) is 5.02 Å². The normalized spacial score (nSPS) is 17.8. The Morgan fingerprint density at radius 1 is 1.33 bits per heavy atom. The summed E-state index contributed by atoms with van der Waals surface area (Å²) in [6, 6.07) is 7.80.